The van der Waals surface area contributed by atoms with Crippen molar-refractivity contribution in [2.24, 2.45) is 13.0 Å². The zero-order valence-electron chi connectivity index (χ0n) is 17.7. The average Bonchev–Trinajstić information content (AvgIpc) is 3.20. The fraction of sp³-hybridized carbons (Fsp3) is 0.560. The van der Waals surface area contributed by atoms with E-state index >= 15 is 0 Å². The first kappa shape index (κ1) is 19.3. The summed E-state index contributed by atoms with van der Waals surface area (Å²) < 4.78 is 2.23. The van der Waals surface area contributed by atoms with Gasteiger partial charge in [-0.1, -0.05) is 51.3 Å². The number of aromatic nitrogens is 1. The van der Waals surface area contributed by atoms with E-state index in [1.54, 1.807) is 0 Å². The minimum absolute atomic E-state index is 0.143. The summed E-state index contributed by atoms with van der Waals surface area (Å²) in [5, 5.41) is 1.30. The van der Waals surface area contributed by atoms with Gasteiger partial charge in [0.1, 0.15) is 0 Å². The molecule has 0 saturated heterocycles. The average molecular weight is 379 g/mol. The Bertz CT molecular complexity index is 891. The third-order valence-electron chi connectivity index (χ3n) is 6.89. The molecule has 150 valence electrons. The van der Waals surface area contributed by atoms with Crippen molar-refractivity contribution in [2.75, 3.05) is 6.54 Å². The Labute approximate surface area is 169 Å². The van der Waals surface area contributed by atoms with Crippen LogP contribution >= 0.6 is 0 Å². The summed E-state index contributed by atoms with van der Waals surface area (Å²) in [5.74, 6) is 0.922. The van der Waals surface area contributed by atoms with Gasteiger partial charge >= 0.3 is 0 Å². The minimum atomic E-state index is 0.143. The van der Waals surface area contributed by atoms with Crippen LogP contribution in [0.2, 0.25) is 0 Å². The van der Waals surface area contributed by atoms with Crippen molar-refractivity contribution in [3.05, 3.63) is 47.2 Å². The molecule has 2 aliphatic rings. The molecule has 2 heterocycles. The van der Waals surface area contributed by atoms with Crippen molar-refractivity contribution in [3.63, 3.8) is 0 Å². The largest absolute Gasteiger partial charge is 0.350 e. The van der Waals surface area contributed by atoms with E-state index in [-0.39, 0.29) is 6.04 Å². The molecule has 4 rings (SSSR count). The Kier molecular flexibility index (Phi) is 5.61. The normalized spacial score (nSPS) is 20.9. The van der Waals surface area contributed by atoms with Gasteiger partial charge in [-0.15, -0.1) is 0 Å². The predicted molar refractivity (Wildman–Crippen MR) is 116 cm³/mol. The topological polar surface area (TPSA) is 25.2 Å². The van der Waals surface area contributed by atoms with Crippen LogP contribution in [-0.4, -0.2) is 21.9 Å². The zero-order chi connectivity index (χ0) is 19.7. The number of carbonyl (C=O) groups is 1. The van der Waals surface area contributed by atoms with Gasteiger partial charge in [0.2, 0.25) is 0 Å². The van der Waals surface area contributed by atoms with E-state index in [9.17, 15) is 4.79 Å². The summed E-state index contributed by atoms with van der Waals surface area (Å²) in [7, 11) is 2.12. The second-order valence-electron chi connectivity index (χ2n) is 8.70. The Morgan fingerprint density at radius 1 is 1.14 bits per heavy atom. The molecule has 2 unspecified atom stereocenters. The molecule has 3 heteroatoms. The summed E-state index contributed by atoms with van der Waals surface area (Å²) in [6.07, 6.45) is 11.6. The van der Waals surface area contributed by atoms with Crippen molar-refractivity contribution in [3.8, 4) is 0 Å². The molecule has 2 aromatic rings. The number of rotatable bonds is 7. The van der Waals surface area contributed by atoms with Crippen molar-refractivity contribution >= 4 is 16.8 Å². The summed E-state index contributed by atoms with van der Waals surface area (Å²) in [6.45, 7) is 5.43. The van der Waals surface area contributed by atoms with Gasteiger partial charge in [0.05, 0.1) is 6.04 Å². The molecule has 1 aromatic carbocycles. The molecule has 0 fully saturated rings. The number of amides is 1. The van der Waals surface area contributed by atoms with Crippen LogP contribution in [0, 0.1) is 5.92 Å². The monoisotopic (exact) mass is 378 g/mol. The summed E-state index contributed by atoms with van der Waals surface area (Å²) in [6, 6.07) is 8.78. The standard InChI is InChI=1S/C25H34N2O/c1-4-6-11-18(5-2)16-27-24(20-13-7-8-14-21(20)25(27)28)22-17-26(3)23-15-10-9-12-19(22)23/h9-10,12,15,17-18,24H,4-8,11,13-14,16H2,1-3H3. The highest BCUT2D eigenvalue weighted by molar-refractivity contribution is 5.99. The maximum atomic E-state index is 13.5. The molecule has 1 aromatic heterocycles. The minimum Gasteiger partial charge on any atom is -0.350 e. The number of para-hydroxylation sites is 1. The molecule has 1 amide bonds. The van der Waals surface area contributed by atoms with Gasteiger partial charge in [0.15, 0.2) is 0 Å². The lowest BCUT2D eigenvalue weighted by Crippen LogP contribution is -2.34. The van der Waals surface area contributed by atoms with Gasteiger partial charge in [-0.25, -0.2) is 0 Å². The van der Waals surface area contributed by atoms with Gasteiger partial charge in [-0.3, -0.25) is 4.79 Å². The van der Waals surface area contributed by atoms with E-state index in [1.807, 2.05) is 0 Å². The van der Waals surface area contributed by atoms with Crippen molar-refractivity contribution in [1.29, 1.82) is 0 Å². The third-order valence-corrected chi connectivity index (χ3v) is 6.89. The third kappa shape index (κ3) is 3.29. The van der Waals surface area contributed by atoms with E-state index < -0.39 is 0 Å². The Morgan fingerprint density at radius 2 is 1.93 bits per heavy atom. The lowest BCUT2D eigenvalue weighted by atomic mass is 9.87. The van der Waals surface area contributed by atoms with Gasteiger partial charge in [0, 0.05) is 41.8 Å². The lowest BCUT2D eigenvalue weighted by Gasteiger charge is -2.31. The molecular weight excluding hydrogens is 344 g/mol. The fourth-order valence-electron chi connectivity index (χ4n) is 5.28. The Morgan fingerprint density at radius 3 is 2.71 bits per heavy atom. The number of hydrogen-bond acceptors (Lipinski definition) is 1. The number of hydrogen-bond donors (Lipinski definition) is 0. The second-order valence-corrected chi connectivity index (χ2v) is 8.70. The Hall–Kier alpha value is -2.03. The van der Waals surface area contributed by atoms with Crippen LogP contribution in [0.15, 0.2) is 41.6 Å². The number of unbranched alkanes of at least 4 members (excludes halogenated alkanes) is 1. The van der Waals surface area contributed by atoms with Gasteiger partial charge < -0.3 is 9.47 Å². The van der Waals surface area contributed by atoms with Crippen molar-refractivity contribution < 1.29 is 4.79 Å². The van der Waals surface area contributed by atoms with Crippen molar-refractivity contribution in [1.82, 2.24) is 9.47 Å². The number of nitrogens with zero attached hydrogens (tertiary/aromatic N) is 2. The number of benzene rings is 1. The van der Waals surface area contributed by atoms with E-state index in [0.717, 1.165) is 37.8 Å². The van der Waals surface area contributed by atoms with Gasteiger partial charge in [-0.2, -0.15) is 0 Å². The highest BCUT2D eigenvalue weighted by Crippen LogP contribution is 2.47. The van der Waals surface area contributed by atoms with Crippen LogP contribution in [0.3, 0.4) is 0 Å². The molecule has 2 atom stereocenters. The summed E-state index contributed by atoms with van der Waals surface area (Å²) in [4.78, 5) is 15.7. The van der Waals surface area contributed by atoms with E-state index in [0.29, 0.717) is 11.8 Å². The highest BCUT2D eigenvalue weighted by Gasteiger charge is 2.41. The number of aryl methyl sites for hydroxylation is 1. The van der Waals surface area contributed by atoms with Gasteiger partial charge in [-0.05, 0) is 49.7 Å². The maximum Gasteiger partial charge on any atom is 0.250 e. The van der Waals surface area contributed by atoms with Gasteiger partial charge in [0.25, 0.3) is 5.91 Å². The van der Waals surface area contributed by atoms with Crippen LogP contribution in [0.5, 0.6) is 0 Å². The SMILES string of the molecule is CCCCC(CC)CN1C(=O)C2=C(CCCC2)C1c1cn(C)c2ccccc12. The molecule has 0 bridgehead atoms. The summed E-state index contributed by atoms with van der Waals surface area (Å²) in [5.41, 5.74) is 5.13. The smallest absolute Gasteiger partial charge is 0.250 e. The molecule has 0 spiro atoms. The van der Waals surface area contributed by atoms with Crippen LogP contribution < -0.4 is 0 Å². The number of fused-ring (bicyclic) bond motifs is 1. The van der Waals surface area contributed by atoms with Crippen LogP contribution in [-0.2, 0) is 11.8 Å². The van der Waals surface area contributed by atoms with Crippen molar-refractivity contribution in [2.45, 2.75) is 71.3 Å². The molecule has 1 aliphatic carbocycles. The first-order valence-electron chi connectivity index (χ1n) is 11.2. The number of carbonyl (C=O) groups excluding carboxylic acids is 1. The zero-order valence-corrected chi connectivity index (χ0v) is 17.7. The first-order valence-corrected chi connectivity index (χ1v) is 11.2. The van der Waals surface area contributed by atoms with E-state index in [2.05, 4.69) is 60.8 Å². The molecule has 0 radical (unpaired) electrons. The summed E-state index contributed by atoms with van der Waals surface area (Å²) >= 11 is 0. The molecule has 28 heavy (non-hydrogen) atoms. The molecule has 1 aliphatic heterocycles. The molecule has 0 N–H and O–H groups in total. The van der Waals surface area contributed by atoms with E-state index in [1.165, 1.54) is 47.7 Å². The molecule has 3 nitrogen and oxygen atoms in total. The van der Waals surface area contributed by atoms with Crippen LogP contribution in [0.1, 0.15) is 76.8 Å². The maximum absolute atomic E-state index is 13.5. The molecular formula is C25H34N2O. The van der Waals surface area contributed by atoms with E-state index in [4.69, 9.17) is 0 Å². The van der Waals surface area contributed by atoms with Crippen LogP contribution in [0.25, 0.3) is 10.9 Å². The lowest BCUT2D eigenvalue weighted by molar-refractivity contribution is -0.128. The quantitative estimate of drug-likeness (QED) is 0.567. The first-order chi connectivity index (χ1) is 13.7. The predicted octanol–water partition coefficient (Wildman–Crippen LogP) is 6.15. The van der Waals surface area contributed by atoms with Crippen LogP contribution in [0.4, 0.5) is 0 Å². The Balaban J connectivity index is 1.75. The molecule has 0 saturated carbocycles. The fourth-order valence-corrected chi connectivity index (χ4v) is 5.28. The highest BCUT2D eigenvalue weighted by atomic mass is 16.2. The second kappa shape index (κ2) is 8.14.